The van der Waals surface area contributed by atoms with Crippen molar-refractivity contribution in [1.82, 2.24) is 0 Å². The predicted octanol–water partition coefficient (Wildman–Crippen LogP) is 3.61. The predicted molar refractivity (Wildman–Crippen MR) is 61.2 cm³/mol. The molecule has 1 nitrogen and oxygen atoms in total. The average Bonchev–Trinajstić information content (AvgIpc) is 2.02. The van der Waals surface area contributed by atoms with E-state index in [1.807, 2.05) is 0 Å². The number of rotatable bonds is 3. The summed E-state index contributed by atoms with van der Waals surface area (Å²) in [5.41, 5.74) is -0.361. The second kappa shape index (κ2) is 4.65. The van der Waals surface area contributed by atoms with Gasteiger partial charge in [0.1, 0.15) is 0 Å². The van der Waals surface area contributed by atoms with Gasteiger partial charge in [0.05, 0.1) is 5.60 Å². The molecule has 0 radical (unpaired) electrons. The van der Waals surface area contributed by atoms with Crippen LogP contribution in [0.25, 0.3) is 0 Å². The first-order chi connectivity index (χ1) is 6.51. The molecular formula is C13H26O. The molecule has 0 bridgehead atoms. The summed E-state index contributed by atoms with van der Waals surface area (Å²) in [6, 6.07) is 0. The van der Waals surface area contributed by atoms with Crippen molar-refractivity contribution in [1.29, 1.82) is 0 Å². The van der Waals surface area contributed by atoms with Crippen molar-refractivity contribution in [3.63, 3.8) is 0 Å². The topological polar surface area (TPSA) is 20.2 Å². The Morgan fingerprint density at radius 1 is 1.14 bits per heavy atom. The maximum absolute atomic E-state index is 10.7. The highest BCUT2D eigenvalue weighted by molar-refractivity contribution is 4.92. The van der Waals surface area contributed by atoms with Crippen LogP contribution in [0.5, 0.6) is 0 Å². The highest BCUT2D eigenvalue weighted by atomic mass is 16.3. The minimum atomic E-state index is -0.361. The first-order valence-electron chi connectivity index (χ1n) is 6.24. The summed E-state index contributed by atoms with van der Waals surface area (Å²) in [5, 5.41) is 10.7. The van der Waals surface area contributed by atoms with E-state index in [0.29, 0.717) is 17.8 Å². The summed E-state index contributed by atoms with van der Waals surface area (Å²) >= 11 is 0. The summed E-state index contributed by atoms with van der Waals surface area (Å²) in [5.74, 6) is 1.90. The van der Waals surface area contributed by atoms with Crippen molar-refractivity contribution in [2.75, 3.05) is 0 Å². The van der Waals surface area contributed by atoms with E-state index in [2.05, 4.69) is 27.7 Å². The summed E-state index contributed by atoms with van der Waals surface area (Å²) in [7, 11) is 0. The molecule has 84 valence electrons. The lowest BCUT2D eigenvalue weighted by atomic mass is 9.67. The van der Waals surface area contributed by atoms with Crippen LogP contribution in [0.15, 0.2) is 0 Å². The van der Waals surface area contributed by atoms with Crippen LogP contribution < -0.4 is 0 Å². The van der Waals surface area contributed by atoms with Gasteiger partial charge in [0.15, 0.2) is 0 Å². The fraction of sp³-hybridized carbons (Fsp3) is 1.00. The third-order valence-electron chi connectivity index (χ3n) is 3.95. The molecule has 0 aliphatic heterocycles. The molecule has 1 aliphatic rings. The maximum Gasteiger partial charge on any atom is 0.0680 e. The smallest absolute Gasteiger partial charge is 0.0680 e. The van der Waals surface area contributed by atoms with Gasteiger partial charge in [0.2, 0.25) is 0 Å². The first-order valence-corrected chi connectivity index (χ1v) is 6.24. The Kier molecular flexibility index (Phi) is 4.00. The van der Waals surface area contributed by atoms with Gasteiger partial charge < -0.3 is 5.11 Å². The quantitative estimate of drug-likeness (QED) is 0.734. The van der Waals surface area contributed by atoms with Crippen LogP contribution in [0.4, 0.5) is 0 Å². The fourth-order valence-corrected chi connectivity index (χ4v) is 3.53. The van der Waals surface area contributed by atoms with Crippen LogP contribution in [-0.4, -0.2) is 10.7 Å². The van der Waals surface area contributed by atoms with E-state index in [9.17, 15) is 5.11 Å². The standard InChI is InChI=1S/C13H26O/c1-5-12(6-2)13(14)8-10(3)7-11(4)9-13/h10-12,14H,5-9H2,1-4H3. The van der Waals surface area contributed by atoms with Gasteiger partial charge in [-0.1, -0.05) is 40.5 Å². The Morgan fingerprint density at radius 2 is 1.57 bits per heavy atom. The Hall–Kier alpha value is -0.0400. The van der Waals surface area contributed by atoms with E-state index in [1.54, 1.807) is 0 Å². The largest absolute Gasteiger partial charge is 0.390 e. The lowest BCUT2D eigenvalue weighted by molar-refractivity contribution is -0.0797. The van der Waals surface area contributed by atoms with Crippen molar-refractivity contribution in [3.8, 4) is 0 Å². The van der Waals surface area contributed by atoms with Crippen molar-refractivity contribution in [2.24, 2.45) is 17.8 Å². The van der Waals surface area contributed by atoms with Crippen LogP contribution in [0.1, 0.15) is 59.8 Å². The molecule has 0 aromatic heterocycles. The van der Waals surface area contributed by atoms with Gasteiger partial charge in [-0.15, -0.1) is 0 Å². The molecule has 0 saturated heterocycles. The van der Waals surface area contributed by atoms with Crippen molar-refractivity contribution >= 4 is 0 Å². The molecule has 0 heterocycles. The van der Waals surface area contributed by atoms with Gasteiger partial charge in [-0.05, 0) is 37.0 Å². The second-order valence-corrected chi connectivity index (χ2v) is 5.47. The monoisotopic (exact) mass is 198 g/mol. The number of hydrogen-bond donors (Lipinski definition) is 1. The molecule has 0 amide bonds. The van der Waals surface area contributed by atoms with Gasteiger partial charge in [0, 0.05) is 0 Å². The zero-order valence-electron chi connectivity index (χ0n) is 10.2. The van der Waals surface area contributed by atoms with E-state index in [1.165, 1.54) is 6.42 Å². The Labute approximate surface area is 88.9 Å². The van der Waals surface area contributed by atoms with Crippen LogP contribution in [0.3, 0.4) is 0 Å². The van der Waals surface area contributed by atoms with Gasteiger partial charge in [-0.2, -0.15) is 0 Å². The minimum absolute atomic E-state index is 0.361. The van der Waals surface area contributed by atoms with Gasteiger partial charge in [-0.25, -0.2) is 0 Å². The van der Waals surface area contributed by atoms with Crippen molar-refractivity contribution in [2.45, 2.75) is 65.4 Å². The second-order valence-electron chi connectivity index (χ2n) is 5.47. The van der Waals surface area contributed by atoms with Crippen molar-refractivity contribution in [3.05, 3.63) is 0 Å². The number of aliphatic hydroxyl groups is 1. The van der Waals surface area contributed by atoms with E-state index in [-0.39, 0.29) is 5.60 Å². The zero-order chi connectivity index (χ0) is 10.8. The van der Waals surface area contributed by atoms with Gasteiger partial charge in [0.25, 0.3) is 0 Å². The minimum Gasteiger partial charge on any atom is -0.390 e. The highest BCUT2D eigenvalue weighted by Crippen LogP contribution is 2.42. The summed E-state index contributed by atoms with van der Waals surface area (Å²) in [6.45, 7) is 8.97. The Morgan fingerprint density at radius 3 is 1.93 bits per heavy atom. The molecule has 2 atom stereocenters. The third kappa shape index (κ3) is 2.50. The SMILES string of the molecule is CCC(CC)C1(O)CC(C)CC(C)C1. The normalized spacial score (nSPS) is 39.0. The summed E-state index contributed by atoms with van der Waals surface area (Å²) < 4.78 is 0. The molecule has 1 N–H and O–H groups in total. The molecule has 1 rings (SSSR count). The summed E-state index contributed by atoms with van der Waals surface area (Å²) in [4.78, 5) is 0. The summed E-state index contributed by atoms with van der Waals surface area (Å²) in [6.07, 6.45) is 5.56. The zero-order valence-corrected chi connectivity index (χ0v) is 10.2. The van der Waals surface area contributed by atoms with E-state index in [4.69, 9.17) is 0 Å². The molecule has 0 aromatic carbocycles. The molecular weight excluding hydrogens is 172 g/mol. The molecule has 1 aliphatic carbocycles. The molecule has 2 unspecified atom stereocenters. The van der Waals surface area contributed by atoms with Gasteiger partial charge in [-0.3, -0.25) is 0 Å². The number of hydrogen-bond acceptors (Lipinski definition) is 1. The van der Waals surface area contributed by atoms with E-state index >= 15 is 0 Å². The van der Waals surface area contributed by atoms with Gasteiger partial charge >= 0.3 is 0 Å². The molecule has 1 fully saturated rings. The lowest BCUT2D eigenvalue weighted by Crippen LogP contribution is -2.44. The molecule has 14 heavy (non-hydrogen) atoms. The van der Waals surface area contributed by atoms with Crippen LogP contribution in [0.2, 0.25) is 0 Å². The highest BCUT2D eigenvalue weighted by Gasteiger charge is 2.40. The van der Waals surface area contributed by atoms with Crippen molar-refractivity contribution < 1.29 is 5.11 Å². The molecule has 1 heteroatoms. The third-order valence-corrected chi connectivity index (χ3v) is 3.95. The molecule has 0 spiro atoms. The lowest BCUT2D eigenvalue weighted by Gasteiger charge is -2.43. The molecule has 0 aromatic rings. The van der Waals surface area contributed by atoms with Crippen LogP contribution in [0, 0.1) is 17.8 Å². The Balaban J connectivity index is 2.70. The van der Waals surface area contributed by atoms with E-state index in [0.717, 1.165) is 25.7 Å². The Bertz CT molecular complexity index is 162. The van der Waals surface area contributed by atoms with E-state index < -0.39 is 0 Å². The maximum atomic E-state index is 10.7. The average molecular weight is 198 g/mol. The first kappa shape index (κ1) is 12.0. The van der Waals surface area contributed by atoms with Crippen LogP contribution in [-0.2, 0) is 0 Å². The fourth-order valence-electron chi connectivity index (χ4n) is 3.53. The van der Waals surface area contributed by atoms with Crippen LogP contribution >= 0.6 is 0 Å². The molecule has 1 saturated carbocycles.